The monoisotopic (exact) mass is 263 g/mol. The van der Waals surface area contributed by atoms with Gasteiger partial charge in [-0.15, -0.1) is 0 Å². The number of carbonyl (C=O) groups excluding carboxylic acids is 1. The van der Waals surface area contributed by atoms with E-state index < -0.39 is 5.41 Å². The molecule has 1 amide bonds. The summed E-state index contributed by atoms with van der Waals surface area (Å²) in [6, 6.07) is 6.48. The van der Waals surface area contributed by atoms with Crippen molar-refractivity contribution in [2.45, 2.75) is 44.9 Å². The number of benzene rings is 1. The van der Waals surface area contributed by atoms with E-state index in [2.05, 4.69) is 19.2 Å². The Balaban J connectivity index is 2.08. The standard InChI is InChI=1S/C16H22FNO/c1-12(2)7-10-18-15(19)16(8-4-9-16)13-5-3-6-14(17)11-13/h3,5-6,11-12H,4,7-10H2,1-2H3,(H,18,19). The van der Waals surface area contributed by atoms with Crippen molar-refractivity contribution < 1.29 is 9.18 Å². The minimum absolute atomic E-state index is 0.0602. The fourth-order valence-corrected chi connectivity index (χ4v) is 2.61. The summed E-state index contributed by atoms with van der Waals surface area (Å²) in [4.78, 5) is 12.4. The molecule has 0 heterocycles. The number of hydrogen-bond acceptors (Lipinski definition) is 1. The minimum Gasteiger partial charge on any atom is -0.355 e. The molecule has 0 aliphatic heterocycles. The molecule has 1 aliphatic rings. The molecule has 0 radical (unpaired) electrons. The highest BCUT2D eigenvalue weighted by Gasteiger charge is 2.45. The van der Waals surface area contributed by atoms with Crippen LogP contribution in [-0.2, 0) is 10.2 Å². The molecule has 0 aromatic heterocycles. The second kappa shape index (κ2) is 5.72. The number of rotatable bonds is 5. The van der Waals surface area contributed by atoms with Gasteiger partial charge in [-0.3, -0.25) is 4.79 Å². The van der Waals surface area contributed by atoms with E-state index in [0.29, 0.717) is 12.5 Å². The maximum Gasteiger partial charge on any atom is 0.230 e. The van der Waals surface area contributed by atoms with Crippen LogP contribution in [0.25, 0.3) is 0 Å². The molecule has 0 unspecified atom stereocenters. The highest BCUT2D eigenvalue weighted by atomic mass is 19.1. The van der Waals surface area contributed by atoms with Crippen molar-refractivity contribution in [1.82, 2.24) is 5.32 Å². The fraction of sp³-hybridized carbons (Fsp3) is 0.562. The molecule has 2 rings (SSSR count). The molecular formula is C16H22FNO. The summed E-state index contributed by atoms with van der Waals surface area (Å²) >= 11 is 0. The highest BCUT2D eigenvalue weighted by Crippen LogP contribution is 2.44. The van der Waals surface area contributed by atoms with Gasteiger partial charge in [-0.2, -0.15) is 0 Å². The third-order valence-electron chi connectivity index (χ3n) is 4.03. The Labute approximate surface area is 114 Å². The molecular weight excluding hydrogens is 241 g/mol. The number of nitrogens with one attached hydrogen (secondary N) is 1. The number of carbonyl (C=O) groups is 1. The third kappa shape index (κ3) is 2.96. The molecule has 1 fully saturated rings. The van der Waals surface area contributed by atoms with Crippen molar-refractivity contribution in [1.29, 1.82) is 0 Å². The second-order valence-electron chi connectivity index (χ2n) is 5.88. The van der Waals surface area contributed by atoms with Crippen molar-refractivity contribution in [2.75, 3.05) is 6.54 Å². The van der Waals surface area contributed by atoms with Gasteiger partial charge in [-0.1, -0.05) is 32.4 Å². The Hall–Kier alpha value is -1.38. The molecule has 1 aromatic rings. The minimum atomic E-state index is -0.487. The van der Waals surface area contributed by atoms with E-state index in [-0.39, 0.29) is 11.7 Å². The summed E-state index contributed by atoms with van der Waals surface area (Å²) in [5, 5.41) is 3.01. The van der Waals surface area contributed by atoms with E-state index >= 15 is 0 Å². The number of amides is 1. The topological polar surface area (TPSA) is 29.1 Å². The highest BCUT2D eigenvalue weighted by molar-refractivity contribution is 5.89. The molecule has 0 saturated heterocycles. The first kappa shape index (κ1) is 14.0. The lowest BCUT2D eigenvalue weighted by Crippen LogP contribution is -2.49. The SMILES string of the molecule is CC(C)CCNC(=O)C1(c2cccc(F)c2)CCC1. The zero-order valence-corrected chi connectivity index (χ0v) is 11.7. The van der Waals surface area contributed by atoms with Gasteiger partial charge in [0.05, 0.1) is 5.41 Å². The maximum absolute atomic E-state index is 13.3. The van der Waals surface area contributed by atoms with E-state index in [1.165, 1.54) is 12.1 Å². The van der Waals surface area contributed by atoms with Crippen LogP contribution in [0.15, 0.2) is 24.3 Å². The zero-order valence-electron chi connectivity index (χ0n) is 11.7. The first-order valence-electron chi connectivity index (χ1n) is 7.09. The normalized spacial score (nSPS) is 17.1. The molecule has 1 N–H and O–H groups in total. The Morgan fingerprint density at radius 1 is 1.42 bits per heavy atom. The lowest BCUT2D eigenvalue weighted by atomic mass is 9.64. The predicted molar refractivity (Wildman–Crippen MR) is 74.4 cm³/mol. The molecule has 0 spiro atoms. The van der Waals surface area contributed by atoms with E-state index in [1.807, 2.05) is 6.07 Å². The van der Waals surface area contributed by atoms with Gasteiger partial charge in [0.25, 0.3) is 0 Å². The van der Waals surface area contributed by atoms with Gasteiger partial charge >= 0.3 is 0 Å². The molecule has 1 aliphatic carbocycles. The summed E-state index contributed by atoms with van der Waals surface area (Å²) in [6.45, 7) is 4.98. The van der Waals surface area contributed by atoms with Crippen LogP contribution in [0.5, 0.6) is 0 Å². The van der Waals surface area contributed by atoms with Crippen molar-refractivity contribution in [3.05, 3.63) is 35.6 Å². The van der Waals surface area contributed by atoms with E-state index in [0.717, 1.165) is 31.2 Å². The van der Waals surface area contributed by atoms with Gasteiger partial charge in [0, 0.05) is 6.54 Å². The molecule has 1 saturated carbocycles. The Bertz CT molecular complexity index is 452. The number of halogens is 1. The first-order chi connectivity index (χ1) is 9.04. The van der Waals surface area contributed by atoms with E-state index in [1.54, 1.807) is 6.07 Å². The van der Waals surface area contributed by atoms with Crippen molar-refractivity contribution in [2.24, 2.45) is 5.92 Å². The Morgan fingerprint density at radius 3 is 2.68 bits per heavy atom. The predicted octanol–water partition coefficient (Wildman–Crippen LogP) is 3.41. The van der Waals surface area contributed by atoms with Crippen molar-refractivity contribution in [3.63, 3.8) is 0 Å². The fourth-order valence-electron chi connectivity index (χ4n) is 2.61. The molecule has 104 valence electrons. The van der Waals surface area contributed by atoms with E-state index in [4.69, 9.17) is 0 Å². The summed E-state index contributed by atoms with van der Waals surface area (Å²) in [5.41, 5.74) is 0.333. The largest absolute Gasteiger partial charge is 0.355 e. The lowest BCUT2D eigenvalue weighted by Gasteiger charge is -2.40. The molecule has 19 heavy (non-hydrogen) atoms. The zero-order chi connectivity index (χ0) is 13.9. The summed E-state index contributed by atoms with van der Waals surface area (Å²) in [7, 11) is 0. The van der Waals surface area contributed by atoms with Crippen LogP contribution in [0.1, 0.15) is 45.1 Å². The van der Waals surface area contributed by atoms with Crippen molar-refractivity contribution in [3.8, 4) is 0 Å². The maximum atomic E-state index is 13.3. The Morgan fingerprint density at radius 2 is 2.16 bits per heavy atom. The second-order valence-corrected chi connectivity index (χ2v) is 5.88. The van der Waals surface area contributed by atoms with Gasteiger partial charge in [0.2, 0.25) is 5.91 Å². The van der Waals surface area contributed by atoms with Gasteiger partial charge in [0.1, 0.15) is 5.82 Å². The molecule has 2 nitrogen and oxygen atoms in total. The van der Waals surface area contributed by atoms with Crippen LogP contribution in [0.4, 0.5) is 4.39 Å². The van der Waals surface area contributed by atoms with Crippen LogP contribution in [0.2, 0.25) is 0 Å². The smallest absolute Gasteiger partial charge is 0.230 e. The van der Waals surface area contributed by atoms with Crippen LogP contribution in [0, 0.1) is 11.7 Å². The van der Waals surface area contributed by atoms with Gasteiger partial charge in [-0.25, -0.2) is 4.39 Å². The van der Waals surface area contributed by atoms with Crippen LogP contribution >= 0.6 is 0 Å². The Kier molecular flexibility index (Phi) is 4.23. The first-order valence-corrected chi connectivity index (χ1v) is 7.09. The van der Waals surface area contributed by atoms with Crippen LogP contribution < -0.4 is 5.32 Å². The molecule has 1 aromatic carbocycles. The van der Waals surface area contributed by atoms with Gasteiger partial charge in [-0.05, 0) is 42.9 Å². The quantitative estimate of drug-likeness (QED) is 0.866. The average molecular weight is 263 g/mol. The van der Waals surface area contributed by atoms with E-state index in [9.17, 15) is 9.18 Å². The average Bonchev–Trinajstić information content (AvgIpc) is 2.27. The lowest BCUT2D eigenvalue weighted by molar-refractivity contribution is -0.129. The molecule has 0 bridgehead atoms. The summed E-state index contributed by atoms with van der Waals surface area (Å²) in [5.74, 6) is 0.371. The van der Waals surface area contributed by atoms with Gasteiger partial charge in [0.15, 0.2) is 0 Å². The molecule has 0 atom stereocenters. The molecule has 3 heteroatoms. The number of hydrogen-bond donors (Lipinski definition) is 1. The van der Waals surface area contributed by atoms with Crippen molar-refractivity contribution >= 4 is 5.91 Å². The van der Waals surface area contributed by atoms with Crippen LogP contribution in [-0.4, -0.2) is 12.5 Å². The van der Waals surface area contributed by atoms with Gasteiger partial charge < -0.3 is 5.32 Å². The van der Waals surface area contributed by atoms with Crippen LogP contribution in [0.3, 0.4) is 0 Å². The third-order valence-corrected chi connectivity index (χ3v) is 4.03. The summed E-state index contributed by atoms with van der Waals surface area (Å²) in [6.07, 6.45) is 3.66. The summed E-state index contributed by atoms with van der Waals surface area (Å²) < 4.78 is 13.3.